The van der Waals surface area contributed by atoms with E-state index in [-0.39, 0.29) is 45.5 Å². The predicted octanol–water partition coefficient (Wildman–Crippen LogP) is 7.27. The van der Waals surface area contributed by atoms with E-state index in [2.05, 4.69) is 36.0 Å². The van der Waals surface area contributed by atoms with E-state index in [0.29, 0.717) is 6.07 Å². The molecule has 12 N–H and O–H groups in total. The van der Waals surface area contributed by atoms with E-state index in [9.17, 15) is 57.0 Å². The van der Waals surface area contributed by atoms with Crippen LogP contribution in [-0.4, -0.2) is 57.0 Å². The molecule has 0 fully saturated rings. The number of benzene rings is 6. The van der Waals surface area contributed by atoms with Gasteiger partial charge in [0.25, 0.3) is 40.5 Å². The number of nitrogens with zero attached hydrogens (tertiary/aromatic N) is 6. The highest BCUT2D eigenvalue weighted by atomic mass is 32.2. The minimum Gasteiger partial charge on any atom is -0.505 e. The smallest absolute Gasteiger partial charge is 0.296 e. The molecule has 0 amide bonds. The Morgan fingerprint density at radius 2 is 0.984 bits per heavy atom. The summed E-state index contributed by atoms with van der Waals surface area (Å²) >= 11 is 0. The third kappa shape index (κ3) is 9.74. The van der Waals surface area contributed by atoms with Gasteiger partial charge >= 0.3 is 0 Å². The molecule has 0 saturated carbocycles. The van der Waals surface area contributed by atoms with Crippen LogP contribution < -0.4 is 22.5 Å². The quantitative estimate of drug-likeness (QED) is 0.0331. The first-order valence-corrected chi connectivity index (χ1v) is 22.2. The van der Waals surface area contributed by atoms with Crippen LogP contribution in [0.25, 0.3) is 10.8 Å². The van der Waals surface area contributed by atoms with E-state index < -0.39 is 93.6 Å². The van der Waals surface area contributed by atoms with E-state index in [1.165, 1.54) is 42.5 Å². The summed E-state index contributed by atoms with van der Waals surface area (Å²) in [6.07, 6.45) is 0. The second kappa shape index (κ2) is 16.2. The van der Waals surface area contributed by atoms with Gasteiger partial charge in [0.1, 0.15) is 36.6 Å². The SMILES string of the molecule is Nc1cc(N)c(S(=O)(=O)O)cc1N=Nc1ccc(Nc2ccc(N=Nc3c(S(=O)(=O)O)cc4cc(S(=O)(=O)O)c(N=Nc5ccccc5)c(O)c4c3N)cc2S(=O)(=O)O)cc1. The highest BCUT2D eigenvalue weighted by Gasteiger charge is 2.28. The summed E-state index contributed by atoms with van der Waals surface area (Å²) in [6, 6.07) is 20.1. The lowest BCUT2D eigenvalue weighted by atomic mass is 10.1. The summed E-state index contributed by atoms with van der Waals surface area (Å²) in [5, 5.41) is 36.2. The zero-order chi connectivity index (χ0) is 44.7. The van der Waals surface area contributed by atoms with Crippen molar-refractivity contribution in [2.24, 2.45) is 30.7 Å². The number of hydrogen-bond donors (Lipinski definition) is 9. The Bertz CT molecular complexity index is 3310. The number of anilines is 5. The third-order valence-electron chi connectivity index (χ3n) is 8.26. The zero-order valence-electron chi connectivity index (χ0n) is 30.3. The van der Waals surface area contributed by atoms with Crippen molar-refractivity contribution in [3.63, 3.8) is 0 Å². The Kier molecular flexibility index (Phi) is 11.6. The Labute approximate surface area is 345 Å². The lowest BCUT2D eigenvalue weighted by Gasteiger charge is -2.14. The average Bonchev–Trinajstić information content (AvgIpc) is 3.16. The first-order valence-electron chi connectivity index (χ1n) is 16.4. The molecule has 0 radical (unpaired) electrons. The Morgan fingerprint density at radius 3 is 1.57 bits per heavy atom. The fraction of sp³-hybridized carbons (Fsp3) is 0. The van der Waals surface area contributed by atoms with Gasteiger partial charge in [0.2, 0.25) is 0 Å². The van der Waals surface area contributed by atoms with Crippen LogP contribution in [0.5, 0.6) is 5.75 Å². The molecule has 0 saturated heterocycles. The largest absolute Gasteiger partial charge is 0.505 e. The summed E-state index contributed by atoms with van der Waals surface area (Å²) < 4.78 is 137. The van der Waals surface area contributed by atoms with Crippen LogP contribution in [0, 0.1) is 0 Å². The highest BCUT2D eigenvalue weighted by molar-refractivity contribution is 7.86. The van der Waals surface area contributed by atoms with Gasteiger partial charge in [0.05, 0.1) is 45.2 Å². The summed E-state index contributed by atoms with van der Waals surface area (Å²) in [7, 11) is -20.1. The minimum absolute atomic E-state index is 0.0415. The van der Waals surface area contributed by atoms with Gasteiger partial charge in [0.15, 0.2) is 5.75 Å². The molecule has 61 heavy (non-hydrogen) atoms. The van der Waals surface area contributed by atoms with Crippen LogP contribution in [0.1, 0.15) is 0 Å². The molecule has 6 aromatic rings. The van der Waals surface area contributed by atoms with E-state index in [4.69, 9.17) is 17.2 Å². The predicted molar refractivity (Wildman–Crippen MR) is 220 cm³/mol. The van der Waals surface area contributed by atoms with Gasteiger partial charge in [-0.15, -0.1) is 15.3 Å². The molecular formula is C34H28N10O13S4. The van der Waals surface area contributed by atoms with Gasteiger partial charge in [-0.1, -0.05) is 18.2 Å². The molecule has 23 nitrogen and oxygen atoms in total. The number of phenolic OH excluding ortho intramolecular Hbond substituents is 1. The van der Waals surface area contributed by atoms with E-state index in [0.717, 1.165) is 30.3 Å². The van der Waals surface area contributed by atoms with Crippen LogP contribution in [0.15, 0.2) is 147 Å². The van der Waals surface area contributed by atoms with Gasteiger partial charge in [-0.3, -0.25) is 18.2 Å². The van der Waals surface area contributed by atoms with Gasteiger partial charge in [0, 0.05) is 5.69 Å². The Morgan fingerprint density at radius 1 is 0.475 bits per heavy atom. The monoisotopic (exact) mass is 912 g/mol. The van der Waals surface area contributed by atoms with Gasteiger partial charge in [-0.2, -0.15) is 49.0 Å². The van der Waals surface area contributed by atoms with Crippen LogP contribution >= 0.6 is 0 Å². The number of aromatic hydroxyl groups is 1. The lowest BCUT2D eigenvalue weighted by Crippen LogP contribution is -2.04. The summed E-state index contributed by atoms with van der Waals surface area (Å²) in [5.41, 5.74) is 15.1. The lowest BCUT2D eigenvalue weighted by molar-refractivity contribution is 0.472. The molecule has 0 aliphatic rings. The molecule has 316 valence electrons. The molecule has 27 heteroatoms. The van der Waals surface area contributed by atoms with E-state index >= 15 is 0 Å². The van der Waals surface area contributed by atoms with E-state index in [1.54, 1.807) is 18.2 Å². The first-order chi connectivity index (χ1) is 28.4. The molecule has 0 aromatic heterocycles. The molecule has 6 rings (SSSR count). The summed E-state index contributed by atoms with van der Waals surface area (Å²) in [5.74, 6) is -0.999. The van der Waals surface area contributed by atoms with Crippen molar-refractivity contribution in [2.75, 3.05) is 22.5 Å². The molecule has 0 unspecified atom stereocenters. The van der Waals surface area contributed by atoms with Gasteiger partial charge < -0.3 is 27.6 Å². The van der Waals surface area contributed by atoms with Crippen LogP contribution in [-0.2, 0) is 40.5 Å². The molecule has 0 aliphatic heterocycles. The van der Waals surface area contributed by atoms with Crippen molar-refractivity contribution in [1.29, 1.82) is 0 Å². The van der Waals surface area contributed by atoms with Crippen molar-refractivity contribution in [1.82, 2.24) is 0 Å². The second-order valence-corrected chi connectivity index (χ2v) is 18.0. The molecule has 0 aliphatic carbocycles. The number of azo groups is 3. The fourth-order valence-corrected chi connectivity index (χ4v) is 8.11. The van der Waals surface area contributed by atoms with Crippen LogP contribution in [0.4, 0.5) is 62.6 Å². The van der Waals surface area contributed by atoms with Crippen molar-refractivity contribution in [3.8, 4) is 5.75 Å². The van der Waals surface area contributed by atoms with Crippen LogP contribution in [0.2, 0.25) is 0 Å². The maximum Gasteiger partial charge on any atom is 0.296 e. The average molecular weight is 913 g/mol. The third-order valence-corrected chi connectivity index (χ3v) is 11.8. The van der Waals surface area contributed by atoms with Crippen molar-refractivity contribution < 1.29 is 57.0 Å². The molecule has 0 bridgehead atoms. The number of phenols is 1. The van der Waals surface area contributed by atoms with Gasteiger partial charge in [-0.05, 0) is 84.2 Å². The van der Waals surface area contributed by atoms with E-state index in [1.807, 2.05) is 0 Å². The highest BCUT2D eigenvalue weighted by Crippen LogP contribution is 2.48. The molecule has 0 spiro atoms. The number of nitrogen functional groups attached to an aromatic ring is 3. The fourth-order valence-electron chi connectivity index (χ4n) is 5.50. The molecule has 6 aromatic carbocycles. The summed E-state index contributed by atoms with van der Waals surface area (Å²) in [6.45, 7) is 0. The number of nitrogens with one attached hydrogen (secondary N) is 1. The normalized spacial score (nSPS) is 12.9. The Hall–Kier alpha value is -6.98. The van der Waals surface area contributed by atoms with Crippen LogP contribution in [0.3, 0.4) is 0 Å². The molecular weight excluding hydrogens is 885 g/mol. The zero-order valence-corrected chi connectivity index (χ0v) is 33.6. The standard InChI is InChI=1S/C34H28N10O13S4/c35-22-15-23(36)26(58(46,47)48)16-25(22)42-39-20-8-6-18(7-9-20)38-24-11-10-21(14-27(24)59(49,50)51)41-43-32-28(60(52,53)54)12-17-13-29(61(55,56)57)33(34(45)30(17)31(32)37)44-40-19-4-2-1-3-5-19/h1-16,38,45H,35-37H2,(H,46,47,48)(H,49,50,51)(H,52,53,54)(H,55,56,57). The number of hydrogen-bond acceptors (Lipinski definition) is 19. The second-order valence-electron chi connectivity index (χ2n) is 12.4. The number of fused-ring (bicyclic) bond motifs is 1. The topological polar surface area (TPSA) is 402 Å². The summed E-state index contributed by atoms with van der Waals surface area (Å²) in [4.78, 5) is -3.42. The van der Waals surface area contributed by atoms with Crippen molar-refractivity contribution in [3.05, 3.63) is 97.1 Å². The van der Waals surface area contributed by atoms with Crippen molar-refractivity contribution >= 4 is 114 Å². The number of rotatable bonds is 12. The molecule has 0 heterocycles. The molecule has 0 atom stereocenters. The van der Waals surface area contributed by atoms with Gasteiger partial charge in [-0.25, -0.2) is 0 Å². The first kappa shape index (κ1) is 43.6. The maximum absolute atomic E-state index is 12.5. The minimum atomic E-state index is -5.24. The van der Waals surface area contributed by atoms with Crippen molar-refractivity contribution in [2.45, 2.75) is 19.6 Å². The maximum atomic E-state index is 12.5. The number of nitrogens with two attached hydrogens (primary N) is 3. The Balaban J connectivity index is 1.35.